The van der Waals surface area contributed by atoms with Gasteiger partial charge in [-0.05, 0) is 78.2 Å². The van der Waals surface area contributed by atoms with Crippen LogP contribution in [0.1, 0.15) is 24.9 Å². The summed E-state index contributed by atoms with van der Waals surface area (Å²) in [6.45, 7) is 0.205. The molecule has 182 valence electrons. The summed E-state index contributed by atoms with van der Waals surface area (Å²) in [5.74, 6) is 0.943. The molecule has 0 aliphatic carbocycles. The highest BCUT2D eigenvalue weighted by Crippen LogP contribution is 2.38. The van der Waals surface area contributed by atoms with Gasteiger partial charge in [-0.25, -0.2) is 4.98 Å². The zero-order chi connectivity index (χ0) is 25.4. The maximum absolute atomic E-state index is 13.0. The van der Waals surface area contributed by atoms with E-state index in [1.807, 2.05) is 47.8 Å². The van der Waals surface area contributed by atoms with Crippen LogP contribution in [0.2, 0.25) is 0 Å². The number of nitrogens with two attached hydrogens (primary N) is 1. The zero-order valence-corrected chi connectivity index (χ0v) is 20.9. The van der Waals surface area contributed by atoms with Crippen molar-refractivity contribution in [2.45, 2.75) is 0 Å². The second-order valence-corrected chi connectivity index (χ2v) is 10.2. The number of pyridine rings is 1. The second-order valence-electron chi connectivity index (χ2n) is 8.21. The number of ether oxygens (including phenoxy) is 2. The fourth-order valence-corrected chi connectivity index (χ4v) is 5.54. The lowest BCUT2D eigenvalue weighted by molar-refractivity contribution is 0.102. The van der Waals surface area contributed by atoms with E-state index < -0.39 is 0 Å². The van der Waals surface area contributed by atoms with E-state index in [-0.39, 0.29) is 18.5 Å². The fraction of sp³-hybridized carbons (Fsp3) is 0.0357. The molecule has 6 rings (SSSR count). The first-order chi connectivity index (χ1) is 18.0. The number of allylic oxidation sites excluding steroid dienone is 1. The number of fused-ring (bicyclic) bond motifs is 2. The number of rotatable bonds is 6. The topological polar surface area (TPSA) is 104 Å². The van der Waals surface area contributed by atoms with Crippen LogP contribution < -0.4 is 20.5 Å². The molecule has 0 unspecified atom stereocenters. The number of thiophene rings is 2. The molecular weight excluding hydrogens is 506 g/mol. The van der Waals surface area contributed by atoms with Gasteiger partial charge in [0.05, 0.1) is 11.4 Å². The van der Waals surface area contributed by atoms with Gasteiger partial charge in [-0.2, -0.15) is 0 Å². The quantitative estimate of drug-likeness (QED) is 0.194. The average molecular weight is 526 g/mol. The largest absolute Gasteiger partial charge is 0.454 e. The smallest absolute Gasteiger partial charge is 0.267 e. The molecule has 0 saturated heterocycles. The molecule has 0 atom stereocenters. The molecule has 0 fully saturated rings. The SMILES string of the molecule is Nc1c(C(=O)Nc2ccc(C(=O)C=Cc3cccs3)cc2)sc2nc(-c3ccc4c(c3)OCO4)ccc12. The maximum Gasteiger partial charge on any atom is 0.267 e. The van der Waals surface area contributed by atoms with Crippen LogP contribution in [0.15, 0.2) is 78.2 Å². The standard InChI is InChI=1S/C28H19N3O4S2/c29-25-20-9-10-21(17-5-12-23-24(14-17)35-15-34-23)31-28(20)37-26(25)27(33)30-18-6-3-16(4-7-18)22(32)11-8-19-2-1-13-36-19/h1-14H,15,29H2,(H,30,33). The number of nitrogens with zero attached hydrogens (tertiary/aromatic N) is 1. The van der Waals surface area contributed by atoms with Gasteiger partial charge >= 0.3 is 0 Å². The summed E-state index contributed by atoms with van der Waals surface area (Å²) < 4.78 is 10.8. The van der Waals surface area contributed by atoms with E-state index in [1.165, 1.54) is 11.3 Å². The van der Waals surface area contributed by atoms with Crippen LogP contribution in [0, 0.1) is 0 Å². The lowest BCUT2D eigenvalue weighted by Crippen LogP contribution is -2.12. The molecule has 0 radical (unpaired) electrons. The van der Waals surface area contributed by atoms with Crippen molar-refractivity contribution in [3.05, 3.63) is 93.5 Å². The van der Waals surface area contributed by atoms with E-state index in [9.17, 15) is 9.59 Å². The van der Waals surface area contributed by atoms with Gasteiger partial charge < -0.3 is 20.5 Å². The predicted molar refractivity (Wildman–Crippen MR) is 148 cm³/mol. The molecule has 3 aromatic heterocycles. The monoisotopic (exact) mass is 525 g/mol. The van der Waals surface area contributed by atoms with Gasteiger partial charge in [-0.1, -0.05) is 6.07 Å². The van der Waals surface area contributed by atoms with E-state index in [1.54, 1.807) is 47.8 Å². The minimum Gasteiger partial charge on any atom is -0.454 e. The summed E-state index contributed by atoms with van der Waals surface area (Å²) in [6, 6.07) is 20.0. The van der Waals surface area contributed by atoms with E-state index >= 15 is 0 Å². The van der Waals surface area contributed by atoms with Crippen LogP contribution in [-0.2, 0) is 0 Å². The van der Waals surface area contributed by atoms with E-state index in [0.717, 1.165) is 21.5 Å². The molecule has 0 saturated carbocycles. The first kappa shape index (κ1) is 23.0. The molecule has 1 aliphatic rings. The highest BCUT2D eigenvalue weighted by Gasteiger charge is 2.19. The first-order valence-corrected chi connectivity index (χ1v) is 13.0. The normalized spacial score (nSPS) is 12.3. The molecule has 5 aromatic rings. The number of ketones is 1. The molecule has 9 heteroatoms. The van der Waals surface area contributed by atoms with Gasteiger partial charge in [-0.15, -0.1) is 22.7 Å². The Bertz CT molecular complexity index is 1670. The summed E-state index contributed by atoms with van der Waals surface area (Å²) in [5, 5.41) is 5.54. The summed E-state index contributed by atoms with van der Waals surface area (Å²) >= 11 is 2.80. The van der Waals surface area contributed by atoms with E-state index in [0.29, 0.717) is 38.1 Å². The summed E-state index contributed by atoms with van der Waals surface area (Å²) in [4.78, 5) is 32.2. The average Bonchev–Trinajstić information content (AvgIpc) is 3.67. The lowest BCUT2D eigenvalue weighted by Gasteiger charge is -2.05. The number of carbonyl (C=O) groups excluding carboxylic acids is 2. The van der Waals surface area contributed by atoms with Crippen LogP contribution in [0.4, 0.5) is 11.4 Å². The van der Waals surface area contributed by atoms with Crippen molar-refractivity contribution in [3.63, 3.8) is 0 Å². The second kappa shape index (κ2) is 9.53. The van der Waals surface area contributed by atoms with Crippen molar-refractivity contribution in [2.75, 3.05) is 17.8 Å². The summed E-state index contributed by atoms with van der Waals surface area (Å²) in [5.41, 5.74) is 9.42. The number of nitrogens with one attached hydrogen (secondary N) is 1. The molecule has 1 amide bonds. The maximum atomic E-state index is 13.0. The van der Waals surface area contributed by atoms with Crippen LogP contribution in [0.5, 0.6) is 11.5 Å². The summed E-state index contributed by atoms with van der Waals surface area (Å²) in [7, 11) is 0. The van der Waals surface area contributed by atoms with Gasteiger partial charge in [0.2, 0.25) is 6.79 Å². The minimum atomic E-state index is -0.332. The Labute approximate surface area is 219 Å². The van der Waals surface area contributed by atoms with Gasteiger partial charge in [-0.3, -0.25) is 9.59 Å². The highest BCUT2D eigenvalue weighted by atomic mass is 32.1. The third-order valence-corrected chi connectivity index (χ3v) is 7.79. The fourth-order valence-electron chi connectivity index (χ4n) is 3.93. The Morgan fingerprint density at radius 2 is 1.84 bits per heavy atom. The van der Waals surface area contributed by atoms with Gasteiger partial charge in [0.1, 0.15) is 9.71 Å². The number of anilines is 2. The number of amides is 1. The van der Waals surface area contributed by atoms with Crippen molar-refractivity contribution < 1.29 is 19.1 Å². The first-order valence-electron chi connectivity index (χ1n) is 11.3. The molecule has 1 aliphatic heterocycles. The van der Waals surface area contributed by atoms with Crippen molar-refractivity contribution in [3.8, 4) is 22.8 Å². The summed E-state index contributed by atoms with van der Waals surface area (Å²) in [6.07, 6.45) is 3.33. The Kier molecular flexibility index (Phi) is 5.91. The van der Waals surface area contributed by atoms with Crippen molar-refractivity contribution in [1.82, 2.24) is 4.98 Å². The van der Waals surface area contributed by atoms with Crippen LogP contribution in [-0.4, -0.2) is 23.5 Å². The number of aromatic nitrogens is 1. The van der Waals surface area contributed by atoms with Crippen molar-refractivity contribution >= 4 is 62.0 Å². The van der Waals surface area contributed by atoms with Gasteiger partial charge in [0.15, 0.2) is 17.3 Å². The Morgan fingerprint density at radius 3 is 2.65 bits per heavy atom. The van der Waals surface area contributed by atoms with Crippen molar-refractivity contribution in [1.29, 1.82) is 0 Å². The predicted octanol–water partition coefficient (Wildman–Crippen LogP) is 6.48. The van der Waals surface area contributed by atoms with Crippen LogP contribution in [0.25, 0.3) is 27.6 Å². The number of hydrogen-bond acceptors (Lipinski definition) is 8. The van der Waals surface area contributed by atoms with E-state index in [2.05, 4.69) is 5.32 Å². The molecule has 0 spiro atoms. The molecule has 2 aromatic carbocycles. The van der Waals surface area contributed by atoms with Gasteiger partial charge in [0.25, 0.3) is 5.91 Å². The molecule has 3 N–H and O–H groups in total. The highest BCUT2D eigenvalue weighted by molar-refractivity contribution is 7.21. The van der Waals surface area contributed by atoms with Crippen LogP contribution >= 0.6 is 22.7 Å². The molecule has 0 bridgehead atoms. The van der Waals surface area contributed by atoms with E-state index in [4.69, 9.17) is 20.2 Å². The van der Waals surface area contributed by atoms with Gasteiger partial charge in [0, 0.05) is 27.1 Å². The minimum absolute atomic E-state index is 0.107. The Balaban J connectivity index is 1.19. The third kappa shape index (κ3) is 4.57. The number of nitrogen functional groups attached to an aromatic ring is 1. The lowest BCUT2D eigenvalue weighted by atomic mass is 10.1. The molecular formula is C28H19N3O4S2. The Hall–Kier alpha value is -4.47. The van der Waals surface area contributed by atoms with Crippen molar-refractivity contribution in [2.24, 2.45) is 0 Å². The Morgan fingerprint density at radius 1 is 1.00 bits per heavy atom. The number of benzene rings is 2. The number of hydrogen-bond donors (Lipinski definition) is 2. The zero-order valence-electron chi connectivity index (χ0n) is 19.3. The molecule has 37 heavy (non-hydrogen) atoms. The molecule has 7 nitrogen and oxygen atoms in total. The number of carbonyl (C=O) groups is 2. The third-order valence-electron chi connectivity index (χ3n) is 5.84. The molecule has 4 heterocycles. The van der Waals surface area contributed by atoms with Crippen LogP contribution in [0.3, 0.4) is 0 Å².